The summed E-state index contributed by atoms with van der Waals surface area (Å²) in [5.41, 5.74) is -0.572. The summed E-state index contributed by atoms with van der Waals surface area (Å²) in [5.74, 6) is -1.22. The van der Waals surface area contributed by atoms with Gasteiger partial charge in [0, 0.05) is 6.54 Å². The zero-order chi connectivity index (χ0) is 16.7. The summed E-state index contributed by atoms with van der Waals surface area (Å²) in [6.45, 7) is 5.59. The topological polar surface area (TPSA) is 122 Å². The molecule has 8 nitrogen and oxygen atoms in total. The molecule has 0 rings (SSSR count). The Balaban J connectivity index is 3.97. The molecule has 0 aliphatic heterocycles. The molecule has 0 radical (unpaired) electrons. The van der Waals surface area contributed by atoms with Gasteiger partial charge in [0.2, 0.25) is 10.0 Å². The molecule has 0 spiro atoms. The second kappa shape index (κ2) is 8.18. The van der Waals surface area contributed by atoms with Crippen molar-refractivity contribution in [2.75, 3.05) is 12.8 Å². The van der Waals surface area contributed by atoms with Gasteiger partial charge in [-0.1, -0.05) is 0 Å². The average Bonchev–Trinajstić information content (AvgIpc) is 2.22. The highest BCUT2D eigenvalue weighted by Crippen LogP contribution is 2.07. The third-order valence-electron chi connectivity index (χ3n) is 2.24. The monoisotopic (exact) mass is 324 g/mol. The van der Waals surface area contributed by atoms with Gasteiger partial charge in [0.1, 0.15) is 11.6 Å². The highest BCUT2D eigenvalue weighted by atomic mass is 32.2. The molecule has 0 saturated carbocycles. The second-order valence-electron chi connectivity index (χ2n) is 5.71. The average molecular weight is 324 g/mol. The number of carbonyl (C=O) groups is 2. The van der Waals surface area contributed by atoms with Crippen LogP contribution in [-0.2, 0) is 19.6 Å². The number of hydrogen-bond acceptors (Lipinski definition) is 5. The number of unbranched alkanes of at least 4 members (excludes halogenated alkanes) is 1. The van der Waals surface area contributed by atoms with Crippen LogP contribution in [0.15, 0.2) is 0 Å². The third kappa shape index (κ3) is 12.1. The lowest BCUT2D eigenvalue weighted by Crippen LogP contribution is -2.40. The van der Waals surface area contributed by atoms with Crippen molar-refractivity contribution in [1.82, 2.24) is 10.0 Å². The number of hydrogen-bond donors (Lipinski definition) is 3. The Morgan fingerprint density at radius 2 is 1.81 bits per heavy atom. The van der Waals surface area contributed by atoms with Gasteiger partial charge in [0.05, 0.1) is 6.26 Å². The lowest BCUT2D eigenvalue weighted by Gasteiger charge is -2.19. The molecule has 0 aromatic heterocycles. The zero-order valence-electron chi connectivity index (χ0n) is 12.8. The molecule has 0 aliphatic carbocycles. The summed E-state index contributed by atoms with van der Waals surface area (Å²) < 4.78 is 29.1. The number of amides is 1. The molecule has 0 bridgehead atoms. The van der Waals surface area contributed by atoms with Gasteiger partial charge in [-0.3, -0.25) is 4.79 Å². The number of sulfonamides is 1. The number of nitrogens with one attached hydrogen (secondary N) is 2. The van der Waals surface area contributed by atoms with Crippen LogP contribution in [0.25, 0.3) is 0 Å². The number of alkyl carbamates (subject to hydrolysis) is 1. The van der Waals surface area contributed by atoms with E-state index in [1.54, 1.807) is 20.8 Å². The van der Waals surface area contributed by atoms with Gasteiger partial charge in [-0.15, -0.1) is 0 Å². The molecule has 0 aromatic carbocycles. The van der Waals surface area contributed by atoms with Crippen LogP contribution >= 0.6 is 0 Å². The van der Waals surface area contributed by atoms with Gasteiger partial charge in [-0.25, -0.2) is 17.9 Å². The van der Waals surface area contributed by atoms with Crippen molar-refractivity contribution in [1.29, 1.82) is 0 Å². The summed E-state index contributed by atoms with van der Waals surface area (Å²) in [6, 6.07) is -1.15. The number of ether oxygens (including phenoxy) is 1. The van der Waals surface area contributed by atoms with Crippen molar-refractivity contribution in [3.63, 3.8) is 0 Å². The Kier molecular flexibility index (Phi) is 7.65. The molecule has 9 heteroatoms. The van der Waals surface area contributed by atoms with E-state index in [1.165, 1.54) is 0 Å². The Hall–Kier alpha value is -1.35. The van der Waals surface area contributed by atoms with Gasteiger partial charge < -0.3 is 15.2 Å². The minimum atomic E-state index is -3.57. The van der Waals surface area contributed by atoms with E-state index in [0.29, 0.717) is 19.4 Å². The molecule has 1 atom stereocenters. The maximum atomic E-state index is 11.3. The lowest BCUT2D eigenvalue weighted by molar-refractivity contribution is -0.139. The van der Waals surface area contributed by atoms with Crippen LogP contribution in [0.2, 0.25) is 0 Å². The normalized spacial score (nSPS) is 13.5. The third-order valence-corrected chi connectivity index (χ3v) is 2.95. The Bertz CT molecular complexity index is 455. The van der Waals surface area contributed by atoms with Crippen LogP contribution in [0, 0.1) is 0 Å². The molecular formula is C12H24N2O6S. The molecule has 1 amide bonds. The van der Waals surface area contributed by atoms with E-state index < -0.39 is 33.7 Å². The predicted molar refractivity (Wildman–Crippen MR) is 77.5 cm³/mol. The van der Waals surface area contributed by atoms with Crippen LogP contribution in [0.3, 0.4) is 0 Å². The number of carboxylic acids is 1. The SMILES string of the molecule is CC(C)(C)OC(=O)NCCCC[C@H](NS(C)(=O)=O)C(=O)O. The smallest absolute Gasteiger partial charge is 0.407 e. The molecule has 21 heavy (non-hydrogen) atoms. The molecule has 0 unspecified atom stereocenters. The summed E-state index contributed by atoms with van der Waals surface area (Å²) in [5, 5.41) is 11.4. The Labute approximate surface area is 125 Å². The summed E-state index contributed by atoms with van der Waals surface area (Å²) in [6.07, 6.45) is 1.50. The van der Waals surface area contributed by atoms with Crippen molar-refractivity contribution in [3.8, 4) is 0 Å². The van der Waals surface area contributed by atoms with E-state index >= 15 is 0 Å². The molecule has 0 fully saturated rings. The van der Waals surface area contributed by atoms with Gasteiger partial charge >= 0.3 is 12.1 Å². The fourth-order valence-electron chi connectivity index (χ4n) is 1.47. The minimum absolute atomic E-state index is 0.151. The minimum Gasteiger partial charge on any atom is -0.480 e. The van der Waals surface area contributed by atoms with Crippen LogP contribution < -0.4 is 10.0 Å². The summed E-state index contributed by atoms with van der Waals surface area (Å²) in [7, 11) is -3.57. The summed E-state index contributed by atoms with van der Waals surface area (Å²) in [4.78, 5) is 22.2. The van der Waals surface area contributed by atoms with Crippen molar-refractivity contribution in [3.05, 3.63) is 0 Å². The van der Waals surface area contributed by atoms with Gasteiger partial charge in [-0.05, 0) is 40.0 Å². The first-order valence-electron chi connectivity index (χ1n) is 6.57. The molecule has 124 valence electrons. The highest BCUT2D eigenvalue weighted by Gasteiger charge is 2.20. The fourth-order valence-corrected chi connectivity index (χ4v) is 2.20. The number of carbonyl (C=O) groups excluding carboxylic acids is 1. The first-order valence-corrected chi connectivity index (χ1v) is 8.47. The summed E-state index contributed by atoms with van der Waals surface area (Å²) >= 11 is 0. The van der Waals surface area contributed by atoms with Crippen molar-refractivity contribution in [2.45, 2.75) is 51.7 Å². The number of aliphatic carboxylic acids is 1. The molecule has 0 aromatic rings. The van der Waals surface area contributed by atoms with E-state index in [0.717, 1.165) is 6.26 Å². The standard InChI is InChI=1S/C12H24N2O6S/c1-12(2,3)20-11(17)13-8-6-5-7-9(10(15)16)14-21(4,18)19/h9,14H,5-8H2,1-4H3,(H,13,17)(H,15,16)/t9-/m0/s1. The maximum Gasteiger partial charge on any atom is 0.407 e. The van der Waals surface area contributed by atoms with Gasteiger partial charge in [0.25, 0.3) is 0 Å². The number of carboxylic acid groups (broad SMARTS) is 1. The quantitative estimate of drug-likeness (QED) is 0.565. The first-order chi connectivity index (χ1) is 9.41. The Morgan fingerprint density at radius 1 is 1.24 bits per heavy atom. The van der Waals surface area contributed by atoms with Crippen molar-refractivity contribution < 1.29 is 27.9 Å². The van der Waals surface area contributed by atoms with E-state index in [9.17, 15) is 18.0 Å². The van der Waals surface area contributed by atoms with Gasteiger partial charge in [-0.2, -0.15) is 0 Å². The molecule has 0 heterocycles. The number of rotatable bonds is 8. The van der Waals surface area contributed by atoms with Crippen LogP contribution in [0.4, 0.5) is 4.79 Å². The lowest BCUT2D eigenvalue weighted by atomic mass is 10.1. The van der Waals surface area contributed by atoms with Crippen LogP contribution in [0.5, 0.6) is 0 Å². The maximum absolute atomic E-state index is 11.3. The fraction of sp³-hybridized carbons (Fsp3) is 0.833. The van der Waals surface area contributed by atoms with E-state index in [2.05, 4.69) is 5.32 Å². The van der Waals surface area contributed by atoms with E-state index in [-0.39, 0.29) is 6.42 Å². The van der Waals surface area contributed by atoms with Crippen LogP contribution in [0.1, 0.15) is 40.0 Å². The highest BCUT2D eigenvalue weighted by molar-refractivity contribution is 7.88. The van der Waals surface area contributed by atoms with Crippen LogP contribution in [-0.4, -0.2) is 50.0 Å². The molecular weight excluding hydrogens is 300 g/mol. The van der Waals surface area contributed by atoms with E-state index in [4.69, 9.17) is 9.84 Å². The molecule has 0 aliphatic rings. The predicted octanol–water partition coefficient (Wildman–Crippen LogP) is 0.684. The zero-order valence-corrected chi connectivity index (χ0v) is 13.6. The molecule has 0 saturated heterocycles. The molecule has 3 N–H and O–H groups in total. The Morgan fingerprint density at radius 3 is 2.24 bits per heavy atom. The van der Waals surface area contributed by atoms with E-state index in [1.807, 2.05) is 4.72 Å². The largest absolute Gasteiger partial charge is 0.480 e. The van der Waals surface area contributed by atoms with Crippen molar-refractivity contribution in [2.24, 2.45) is 0 Å². The van der Waals surface area contributed by atoms with Gasteiger partial charge in [0.15, 0.2) is 0 Å². The van der Waals surface area contributed by atoms with Crippen molar-refractivity contribution >= 4 is 22.1 Å². The second-order valence-corrected chi connectivity index (χ2v) is 7.49. The first kappa shape index (κ1) is 19.7.